The summed E-state index contributed by atoms with van der Waals surface area (Å²) < 4.78 is 23.6. The van der Waals surface area contributed by atoms with E-state index in [0.29, 0.717) is 5.56 Å². The first kappa shape index (κ1) is 20.1. The number of benzene rings is 3. The van der Waals surface area contributed by atoms with Gasteiger partial charge in [-0.25, -0.2) is 9.18 Å². The van der Waals surface area contributed by atoms with Crippen LogP contribution in [0.15, 0.2) is 66.7 Å². The van der Waals surface area contributed by atoms with Crippen LogP contribution < -0.4 is 10.1 Å². The lowest BCUT2D eigenvalue weighted by Gasteiger charge is -2.06. The van der Waals surface area contributed by atoms with E-state index in [2.05, 4.69) is 5.32 Å². The molecule has 0 aliphatic heterocycles. The second kappa shape index (κ2) is 9.50. The summed E-state index contributed by atoms with van der Waals surface area (Å²) in [7, 11) is 1.62. The van der Waals surface area contributed by atoms with Crippen LogP contribution in [0.4, 0.5) is 4.39 Å². The molecule has 5 nitrogen and oxygen atoms in total. The third-order valence-corrected chi connectivity index (χ3v) is 4.26. The molecule has 0 aliphatic carbocycles. The van der Waals surface area contributed by atoms with Crippen molar-refractivity contribution in [2.24, 2.45) is 0 Å². The quantitative estimate of drug-likeness (QED) is 0.489. The van der Waals surface area contributed by atoms with Crippen LogP contribution in [0.25, 0.3) is 16.8 Å². The highest BCUT2D eigenvalue weighted by molar-refractivity contribution is 5.91. The summed E-state index contributed by atoms with van der Waals surface area (Å²) in [5.41, 5.74) is 1.18. The van der Waals surface area contributed by atoms with Gasteiger partial charge in [-0.1, -0.05) is 36.4 Å². The van der Waals surface area contributed by atoms with E-state index in [1.165, 1.54) is 12.1 Å². The number of nitrogens with one attached hydrogen (secondary N) is 1. The van der Waals surface area contributed by atoms with Gasteiger partial charge in [-0.15, -0.1) is 0 Å². The van der Waals surface area contributed by atoms with E-state index in [4.69, 9.17) is 9.47 Å². The van der Waals surface area contributed by atoms with Crippen molar-refractivity contribution in [3.63, 3.8) is 0 Å². The number of hydrogen-bond acceptors (Lipinski definition) is 4. The number of carbonyl (C=O) groups excluding carboxylic acids is 2. The van der Waals surface area contributed by atoms with Crippen molar-refractivity contribution in [3.8, 4) is 5.75 Å². The summed E-state index contributed by atoms with van der Waals surface area (Å²) in [5.74, 6) is -0.769. The summed E-state index contributed by atoms with van der Waals surface area (Å²) in [6.07, 6.45) is 2.87. The number of amides is 1. The first-order chi connectivity index (χ1) is 14.0. The molecule has 148 valence electrons. The maximum Gasteiger partial charge on any atom is 0.331 e. The summed E-state index contributed by atoms with van der Waals surface area (Å²) in [4.78, 5) is 23.6. The lowest BCUT2D eigenvalue weighted by atomic mass is 10.1. The maximum absolute atomic E-state index is 13.5. The Balaban J connectivity index is 1.49. The number of methoxy groups -OCH3 is 1. The molecule has 0 atom stereocenters. The van der Waals surface area contributed by atoms with E-state index in [0.717, 1.165) is 22.1 Å². The Morgan fingerprint density at radius 2 is 1.79 bits per heavy atom. The van der Waals surface area contributed by atoms with E-state index >= 15 is 0 Å². The molecular formula is C23H20FNO4. The van der Waals surface area contributed by atoms with Crippen LogP contribution >= 0.6 is 0 Å². The van der Waals surface area contributed by atoms with Gasteiger partial charge in [-0.05, 0) is 46.7 Å². The summed E-state index contributed by atoms with van der Waals surface area (Å²) in [6.45, 7) is -0.407. The number of fused-ring (bicyclic) bond motifs is 1. The van der Waals surface area contributed by atoms with Crippen LogP contribution in [-0.2, 0) is 20.9 Å². The Bertz CT molecular complexity index is 1060. The minimum absolute atomic E-state index is 0.0285. The third-order valence-electron chi connectivity index (χ3n) is 4.26. The van der Waals surface area contributed by atoms with Crippen molar-refractivity contribution in [1.82, 2.24) is 5.32 Å². The second-order valence-electron chi connectivity index (χ2n) is 6.28. The molecule has 1 amide bonds. The molecule has 3 aromatic rings. The predicted molar refractivity (Wildman–Crippen MR) is 109 cm³/mol. The van der Waals surface area contributed by atoms with Crippen LogP contribution in [0.1, 0.15) is 11.1 Å². The Labute approximate surface area is 167 Å². The lowest BCUT2D eigenvalue weighted by molar-refractivity contribution is -0.143. The fourth-order valence-electron chi connectivity index (χ4n) is 2.71. The molecule has 3 aromatic carbocycles. The Hall–Kier alpha value is -3.67. The van der Waals surface area contributed by atoms with Crippen molar-refractivity contribution in [1.29, 1.82) is 0 Å². The predicted octanol–water partition coefficient (Wildman–Crippen LogP) is 3.86. The highest BCUT2D eigenvalue weighted by atomic mass is 19.1. The van der Waals surface area contributed by atoms with Gasteiger partial charge >= 0.3 is 5.97 Å². The molecule has 6 heteroatoms. The molecule has 0 fully saturated rings. The Kier molecular flexibility index (Phi) is 6.58. The van der Waals surface area contributed by atoms with Crippen molar-refractivity contribution >= 4 is 28.7 Å². The number of ether oxygens (including phenoxy) is 2. The first-order valence-corrected chi connectivity index (χ1v) is 8.98. The third kappa shape index (κ3) is 5.65. The molecule has 0 saturated heterocycles. The largest absolute Gasteiger partial charge is 0.497 e. The summed E-state index contributed by atoms with van der Waals surface area (Å²) in [5, 5.41) is 4.54. The topological polar surface area (TPSA) is 64.6 Å². The summed E-state index contributed by atoms with van der Waals surface area (Å²) in [6, 6.07) is 17.6. The molecule has 29 heavy (non-hydrogen) atoms. The smallest absolute Gasteiger partial charge is 0.331 e. The molecule has 3 rings (SSSR count). The van der Waals surface area contributed by atoms with E-state index in [-0.39, 0.29) is 6.54 Å². The van der Waals surface area contributed by atoms with E-state index in [1.807, 2.05) is 36.4 Å². The molecule has 1 N–H and O–H groups in total. The van der Waals surface area contributed by atoms with Crippen molar-refractivity contribution in [3.05, 3.63) is 83.7 Å². The number of esters is 1. The van der Waals surface area contributed by atoms with Crippen LogP contribution in [0.5, 0.6) is 5.75 Å². The summed E-state index contributed by atoms with van der Waals surface area (Å²) >= 11 is 0. The van der Waals surface area contributed by atoms with Gasteiger partial charge in [0.1, 0.15) is 11.6 Å². The van der Waals surface area contributed by atoms with Crippen LogP contribution in [0.2, 0.25) is 0 Å². The normalized spacial score (nSPS) is 10.8. The van der Waals surface area contributed by atoms with Gasteiger partial charge in [0.2, 0.25) is 0 Å². The number of hydrogen-bond donors (Lipinski definition) is 1. The molecular weight excluding hydrogens is 373 g/mol. The lowest BCUT2D eigenvalue weighted by Crippen LogP contribution is -2.28. The molecule has 0 bridgehead atoms. The van der Waals surface area contributed by atoms with Gasteiger partial charge in [0.05, 0.1) is 7.11 Å². The van der Waals surface area contributed by atoms with E-state index in [1.54, 1.807) is 31.4 Å². The fourth-order valence-corrected chi connectivity index (χ4v) is 2.71. The Morgan fingerprint density at radius 1 is 1.03 bits per heavy atom. The zero-order valence-corrected chi connectivity index (χ0v) is 15.9. The minimum Gasteiger partial charge on any atom is -0.497 e. The van der Waals surface area contributed by atoms with Gasteiger partial charge in [-0.2, -0.15) is 0 Å². The standard InChI is InChI=1S/C23H20FNO4/c1-28-20-10-9-17-12-16(6-8-18(17)13-20)7-11-23(27)29-15-22(26)25-14-19-4-2-3-5-21(19)24/h2-13H,14-15H2,1H3,(H,25,26)/b11-7+. The van der Waals surface area contributed by atoms with Gasteiger partial charge in [0.25, 0.3) is 5.91 Å². The van der Waals surface area contributed by atoms with Crippen LogP contribution in [-0.4, -0.2) is 25.6 Å². The zero-order chi connectivity index (χ0) is 20.6. The van der Waals surface area contributed by atoms with Gasteiger partial charge < -0.3 is 14.8 Å². The van der Waals surface area contributed by atoms with Gasteiger partial charge in [-0.3, -0.25) is 4.79 Å². The SMILES string of the molecule is COc1ccc2cc(/C=C/C(=O)OCC(=O)NCc3ccccc3F)ccc2c1. The number of carbonyl (C=O) groups is 2. The van der Waals surface area contributed by atoms with Crippen molar-refractivity contribution in [2.45, 2.75) is 6.54 Å². The van der Waals surface area contributed by atoms with E-state index < -0.39 is 24.3 Å². The Morgan fingerprint density at radius 3 is 2.59 bits per heavy atom. The molecule has 0 saturated carbocycles. The van der Waals surface area contributed by atoms with Crippen LogP contribution in [0, 0.1) is 5.82 Å². The van der Waals surface area contributed by atoms with Crippen molar-refractivity contribution in [2.75, 3.05) is 13.7 Å². The average molecular weight is 393 g/mol. The van der Waals surface area contributed by atoms with Crippen LogP contribution in [0.3, 0.4) is 0 Å². The minimum atomic E-state index is -0.638. The highest BCUT2D eigenvalue weighted by Gasteiger charge is 2.07. The fraction of sp³-hybridized carbons (Fsp3) is 0.130. The molecule has 0 aliphatic rings. The second-order valence-corrected chi connectivity index (χ2v) is 6.28. The van der Waals surface area contributed by atoms with Gasteiger partial charge in [0.15, 0.2) is 6.61 Å². The number of rotatable bonds is 7. The zero-order valence-electron chi connectivity index (χ0n) is 15.9. The molecule has 0 spiro atoms. The molecule has 0 aromatic heterocycles. The van der Waals surface area contributed by atoms with Crippen molar-refractivity contribution < 1.29 is 23.5 Å². The van der Waals surface area contributed by atoms with Gasteiger partial charge in [0, 0.05) is 18.2 Å². The monoisotopic (exact) mass is 393 g/mol. The average Bonchev–Trinajstić information content (AvgIpc) is 2.75. The molecule has 0 heterocycles. The molecule has 0 radical (unpaired) electrons. The molecule has 0 unspecified atom stereocenters. The first-order valence-electron chi connectivity index (χ1n) is 8.98. The maximum atomic E-state index is 13.5. The highest BCUT2D eigenvalue weighted by Crippen LogP contribution is 2.22. The number of halogens is 1. The van der Waals surface area contributed by atoms with E-state index in [9.17, 15) is 14.0 Å².